The van der Waals surface area contributed by atoms with Crippen molar-refractivity contribution >= 4 is 46.1 Å². The van der Waals surface area contributed by atoms with E-state index in [1.807, 2.05) is 0 Å². The summed E-state index contributed by atoms with van der Waals surface area (Å²) in [5.41, 5.74) is 7.02. The number of amides is 4. The zero-order chi connectivity index (χ0) is 17.1. The molecule has 1 aromatic rings. The summed E-state index contributed by atoms with van der Waals surface area (Å²) < 4.78 is 0. The maximum atomic E-state index is 12.1. The van der Waals surface area contributed by atoms with Crippen LogP contribution in [0.15, 0.2) is 34.3 Å². The number of aliphatic imine (C=N–C) groups is 2. The molecule has 0 spiro atoms. The first-order valence-electron chi connectivity index (χ1n) is 7.55. The Balaban J connectivity index is 1.56. The zero-order valence-corrected chi connectivity index (χ0v) is 13.6. The van der Waals surface area contributed by atoms with Crippen LogP contribution in [0.5, 0.6) is 0 Å². The molecule has 1 aliphatic carbocycles. The number of nitrogens with one attached hydrogen (secondary N) is 1. The topological polar surface area (TPSA) is 114 Å². The van der Waals surface area contributed by atoms with E-state index in [2.05, 4.69) is 15.3 Å². The predicted molar refractivity (Wildman–Crippen MR) is 93.7 cm³/mol. The third-order valence-corrected chi connectivity index (χ3v) is 4.95. The van der Waals surface area contributed by atoms with Crippen LogP contribution in [0.25, 0.3) is 0 Å². The van der Waals surface area contributed by atoms with Crippen molar-refractivity contribution < 1.29 is 14.4 Å². The van der Waals surface area contributed by atoms with Crippen molar-refractivity contribution in [1.82, 2.24) is 0 Å². The number of carbonyl (C=O) groups excluding carboxylic acids is 3. The number of rotatable bonds is 4. The molecule has 0 bridgehead atoms. The molecule has 24 heavy (non-hydrogen) atoms. The van der Waals surface area contributed by atoms with Crippen LogP contribution in [-0.2, 0) is 4.79 Å². The molecule has 4 amide bonds. The number of nitrogens with two attached hydrogens (primary N) is 1. The Kier molecular flexibility index (Phi) is 4.75. The molecule has 2 aliphatic rings. The van der Waals surface area contributed by atoms with Gasteiger partial charge in [-0.05, 0) is 43.5 Å². The van der Waals surface area contributed by atoms with Crippen molar-refractivity contribution in [2.24, 2.45) is 21.6 Å². The Hall–Kier alpha value is -2.48. The summed E-state index contributed by atoms with van der Waals surface area (Å²) in [7, 11) is 0. The fourth-order valence-electron chi connectivity index (χ4n) is 2.74. The molecule has 1 fully saturated rings. The Labute approximate surface area is 142 Å². The lowest BCUT2D eigenvalue weighted by Gasteiger charge is -2.16. The SMILES string of the molecule is NC(=O)c1ccc(NC(=O)CSC2=NC(=O)N=C3CCCC32)cc1. The van der Waals surface area contributed by atoms with E-state index in [4.69, 9.17) is 5.73 Å². The highest BCUT2D eigenvalue weighted by Crippen LogP contribution is 2.31. The summed E-state index contributed by atoms with van der Waals surface area (Å²) in [6.07, 6.45) is 2.75. The second kappa shape index (κ2) is 6.96. The fraction of sp³-hybridized carbons (Fsp3) is 0.312. The Morgan fingerprint density at radius 2 is 2.00 bits per heavy atom. The van der Waals surface area contributed by atoms with Gasteiger partial charge in [0.25, 0.3) is 0 Å². The van der Waals surface area contributed by atoms with Crippen molar-refractivity contribution in [2.75, 3.05) is 11.1 Å². The largest absolute Gasteiger partial charge is 0.367 e. The summed E-state index contributed by atoms with van der Waals surface area (Å²) >= 11 is 1.28. The first-order chi connectivity index (χ1) is 11.5. The van der Waals surface area contributed by atoms with Crippen LogP contribution in [0.3, 0.4) is 0 Å². The molecule has 1 unspecified atom stereocenters. The third-order valence-electron chi connectivity index (χ3n) is 3.88. The number of benzene rings is 1. The van der Waals surface area contributed by atoms with E-state index >= 15 is 0 Å². The summed E-state index contributed by atoms with van der Waals surface area (Å²) in [5, 5.41) is 3.42. The smallest absolute Gasteiger partial charge is 0.366 e. The number of primary amides is 1. The molecule has 1 aliphatic heterocycles. The standard InChI is InChI=1S/C16H16N4O3S/c17-14(22)9-4-6-10(7-5-9)18-13(21)8-24-15-11-2-1-3-12(11)19-16(23)20-15/h4-7,11H,1-3,8H2,(H2,17,22)(H,18,21). The Morgan fingerprint density at radius 3 is 2.71 bits per heavy atom. The molecule has 1 aromatic carbocycles. The summed E-state index contributed by atoms with van der Waals surface area (Å²) in [6, 6.07) is 5.86. The molecule has 1 atom stereocenters. The van der Waals surface area contributed by atoms with E-state index in [1.54, 1.807) is 24.3 Å². The molecule has 1 saturated carbocycles. The molecular formula is C16H16N4O3S. The number of hydrogen-bond donors (Lipinski definition) is 2. The van der Waals surface area contributed by atoms with Gasteiger partial charge >= 0.3 is 6.03 Å². The van der Waals surface area contributed by atoms with Crippen molar-refractivity contribution in [2.45, 2.75) is 19.3 Å². The molecule has 0 saturated heterocycles. The number of thioether (sulfide) groups is 1. The lowest BCUT2D eigenvalue weighted by Crippen LogP contribution is -2.24. The normalized spacial score (nSPS) is 19.3. The van der Waals surface area contributed by atoms with E-state index in [9.17, 15) is 14.4 Å². The first kappa shape index (κ1) is 16.4. The van der Waals surface area contributed by atoms with Crippen molar-refractivity contribution in [3.05, 3.63) is 29.8 Å². The van der Waals surface area contributed by atoms with Gasteiger partial charge in [0.05, 0.1) is 10.8 Å². The molecule has 124 valence electrons. The maximum absolute atomic E-state index is 12.1. The molecule has 3 rings (SSSR count). The second-order valence-electron chi connectivity index (χ2n) is 5.56. The number of urea groups is 1. The molecule has 8 heteroatoms. The van der Waals surface area contributed by atoms with E-state index in [0.717, 1.165) is 25.0 Å². The van der Waals surface area contributed by atoms with Gasteiger partial charge in [0.2, 0.25) is 11.8 Å². The number of nitrogens with zero attached hydrogens (tertiary/aromatic N) is 2. The van der Waals surface area contributed by atoms with Gasteiger partial charge in [-0.3, -0.25) is 9.59 Å². The molecular weight excluding hydrogens is 328 g/mol. The Bertz CT molecular complexity index is 755. The Morgan fingerprint density at radius 1 is 1.25 bits per heavy atom. The predicted octanol–water partition coefficient (Wildman–Crippen LogP) is 2.23. The van der Waals surface area contributed by atoms with Gasteiger partial charge in [-0.2, -0.15) is 4.99 Å². The summed E-state index contributed by atoms with van der Waals surface area (Å²) in [4.78, 5) is 42.5. The highest BCUT2D eigenvalue weighted by Gasteiger charge is 2.32. The van der Waals surface area contributed by atoms with Gasteiger partial charge in [-0.25, -0.2) is 9.79 Å². The number of fused-ring (bicyclic) bond motifs is 1. The molecule has 3 N–H and O–H groups in total. The minimum Gasteiger partial charge on any atom is -0.366 e. The average Bonchev–Trinajstić information content (AvgIpc) is 3.01. The van der Waals surface area contributed by atoms with Gasteiger partial charge < -0.3 is 11.1 Å². The monoisotopic (exact) mass is 344 g/mol. The molecule has 1 heterocycles. The van der Waals surface area contributed by atoms with Crippen LogP contribution in [0.1, 0.15) is 29.6 Å². The highest BCUT2D eigenvalue weighted by molar-refractivity contribution is 8.14. The first-order valence-corrected chi connectivity index (χ1v) is 8.54. The second-order valence-corrected chi connectivity index (χ2v) is 6.55. The molecule has 0 aromatic heterocycles. The lowest BCUT2D eigenvalue weighted by molar-refractivity contribution is -0.113. The van der Waals surface area contributed by atoms with Crippen molar-refractivity contribution in [1.29, 1.82) is 0 Å². The zero-order valence-electron chi connectivity index (χ0n) is 12.8. The van der Waals surface area contributed by atoms with Crippen molar-refractivity contribution in [3.63, 3.8) is 0 Å². The van der Waals surface area contributed by atoms with Crippen LogP contribution in [0, 0.1) is 5.92 Å². The molecule has 7 nitrogen and oxygen atoms in total. The van der Waals surface area contributed by atoms with E-state index < -0.39 is 11.9 Å². The van der Waals surface area contributed by atoms with Gasteiger partial charge in [-0.15, -0.1) is 0 Å². The number of hydrogen-bond acceptors (Lipinski definition) is 4. The van der Waals surface area contributed by atoms with Gasteiger partial charge in [0.15, 0.2) is 0 Å². The van der Waals surface area contributed by atoms with Crippen LogP contribution in [0.2, 0.25) is 0 Å². The lowest BCUT2D eigenvalue weighted by atomic mass is 10.1. The minimum absolute atomic E-state index is 0.0929. The van der Waals surface area contributed by atoms with E-state index in [1.165, 1.54) is 11.8 Å². The van der Waals surface area contributed by atoms with Gasteiger partial charge in [-0.1, -0.05) is 11.8 Å². The van der Waals surface area contributed by atoms with Crippen molar-refractivity contribution in [3.8, 4) is 0 Å². The summed E-state index contributed by atoms with van der Waals surface area (Å²) in [6.45, 7) is 0. The maximum Gasteiger partial charge on any atom is 0.367 e. The highest BCUT2D eigenvalue weighted by atomic mass is 32.2. The average molecular weight is 344 g/mol. The van der Waals surface area contributed by atoms with Crippen LogP contribution < -0.4 is 11.1 Å². The van der Waals surface area contributed by atoms with Crippen LogP contribution in [-0.4, -0.2) is 34.4 Å². The van der Waals surface area contributed by atoms with E-state index in [-0.39, 0.29) is 17.6 Å². The number of anilines is 1. The van der Waals surface area contributed by atoms with Gasteiger partial charge in [0.1, 0.15) is 0 Å². The van der Waals surface area contributed by atoms with Crippen LogP contribution >= 0.6 is 11.8 Å². The quantitative estimate of drug-likeness (QED) is 0.871. The minimum atomic E-state index is -0.516. The number of carbonyl (C=O) groups is 3. The van der Waals surface area contributed by atoms with Gasteiger partial charge in [0, 0.05) is 22.9 Å². The van der Waals surface area contributed by atoms with Crippen LogP contribution in [0.4, 0.5) is 10.5 Å². The van der Waals surface area contributed by atoms with E-state index in [0.29, 0.717) is 16.3 Å². The fourth-order valence-corrected chi connectivity index (χ4v) is 3.68. The third kappa shape index (κ3) is 3.70. The summed E-state index contributed by atoms with van der Waals surface area (Å²) in [5.74, 6) is -0.468. The molecule has 0 radical (unpaired) electrons.